The van der Waals surface area contributed by atoms with Crippen LogP contribution in [0, 0.1) is 6.92 Å². The Kier molecular flexibility index (Phi) is 4.14. The number of nitrogens with one attached hydrogen (secondary N) is 1. The number of rotatable bonds is 4. The third kappa shape index (κ3) is 2.82. The zero-order chi connectivity index (χ0) is 18.1. The maximum absolute atomic E-state index is 12.7. The average molecular weight is 345 g/mol. The SMILES string of the molecule is COCc1[nH]n2c(=O)cc(-c3ccc(C)cc3)nc2c1-c1ccccc1. The Bertz CT molecular complexity index is 1110. The second-order valence-corrected chi connectivity index (χ2v) is 6.27. The van der Waals surface area contributed by atoms with Crippen LogP contribution >= 0.6 is 0 Å². The van der Waals surface area contributed by atoms with Crippen molar-refractivity contribution in [1.82, 2.24) is 14.6 Å². The molecule has 26 heavy (non-hydrogen) atoms. The number of methoxy groups -OCH3 is 1. The number of hydrogen-bond donors (Lipinski definition) is 1. The summed E-state index contributed by atoms with van der Waals surface area (Å²) < 4.78 is 6.79. The first-order chi connectivity index (χ1) is 12.7. The molecular formula is C21H19N3O2. The van der Waals surface area contributed by atoms with Crippen molar-refractivity contribution in [2.24, 2.45) is 0 Å². The van der Waals surface area contributed by atoms with Gasteiger partial charge in [0.15, 0.2) is 5.65 Å². The van der Waals surface area contributed by atoms with Crippen LogP contribution in [0.25, 0.3) is 28.0 Å². The molecule has 5 nitrogen and oxygen atoms in total. The van der Waals surface area contributed by atoms with Gasteiger partial charge in [-0.15, -0.1) is 0 Å². The predicted octanol–water partition coefficient (Wildman–Crippen LogP) is 3.81. The van der Waals surface area contributed by atoms with Gasteiger partial charge in [0.2, 0.25) is 0 Å². The first-order valence-electron chi connectivity index (χ1n) is 8.43. The Labute approximate surface area is 150 Å². The number of ether oxygens (including phenoxy) is 1. The van der Waals surface area contributed by atoms with Gasteiger partial charge < -0.3 is 4.74 Å². The number of aromatic amines is 1. The summed E-state index contributed by atoms with van der Waals surface area (Å²) >= 11 is 0. The molecule has 0 atom stereocenters. The van der Waals surface area contributed by atoms with Crippen LogP contribution in [0.2, 0.25) is 0 Å². The summed E-state index contributed by atoms with van der Waals surface area (Å²) in [6.45, 7) is 2.40. The van der Waals surface area contributed by atoms with E-state index < -0.39 is 0 Å². The van der Waals surface area contributed by atoms with Crippen LogP contribution in [0.5, 0.6) is 0 Å². The highest BCUT2D eigenvalue weighted by molar-refractivity contribution is 5.81. The summed E-state index contributed by atoms with van der Waals surface area (Å²) in [6, 6.07) is 19.5. The molecule has 2 aromatic heterocycles. The molecular weight excluding hydrogens is 326 g/mol. The van der Waals surface area contributed by atoms with E-state index in [2.05, 4.69) is 5.10 Å². The first-order valence-corrected chi connectivity index (χ1v) is 8.43. The van der Waals surface area contributed by atoms with E-state index in [-0.39, 0.29) is 5.56 Å². The highest BCUT2D eigenvalue weighted by Crippen LogP contribution is 2.28. The molecule has 4 rings (SSSR count). The van der Waals surface area contributed by atoms with Gasteiger partial charge in [-0.3, -0.25) is 9.89 Å². The maximum Gasteiger partial charge on any atom is 0.273 e. The lowest BCUT2D eigenvalue weighted by atomic mass is 10.1. The standard InChI is InChI=1S/C21H19N3O2/c1-14-8-10-15(11-9-14)17-12-19(25)24-21(22-17)20(18(23-24)13-26-2)16-6-4-3-5-7-16/h3-12,23H,13H2,1-2H3. The molecule has 0 unspecified atom stereocenters. The monoisotopic (exact) mass is 345 g/mol. The number of aryl methyl sites for hydroxylation is 1. The van der Waals surface area contributed by atoms with Crippen LogP contribution < -0.4 is 5.56 Å². The van der Waals surface area contributed by atoms with Crippen molar-refractivity contribution >= 4 is 5.65 Å². The number of aromatic nitrogens is 3. The van der Waals surface area contributed by atoms with Gasteiger partial charge >= 0.3 is 0 Å². The Balaban J connectivity index is 2.00. The second-order valence-electron chi connectivity index (χ2n) is 6.27. The van der Waals surface area contributed by atoms with Gasteiger partial charge in [-0.1, -0.05) is 60.2 Å². The van der Waals surface area contributed by atoms with Crippen molar-refractivity contribution in [2.75, 3.05) is 7.11 Å². The number of fused-ring (bicyclic) bond motifs is 1. The van der Waals surface area contributed by atoms with Crippen LogP contribution in [-0.4, -0.2) is 21.7 Å². The molecule has 130 valence electrons. The number of nitrogens with zero attached hydrogens (tertiary/aromatic N) is 2. The van der Waals surface area contributed by atoms with Crippen LogP contribution in [0.15, 0.2) is 65.5 Å². The topological polar surface area (TPSA) is 59.4 Å². The molecule has 0 aliphatic heterocycles. The summed E-state index contributed by atoms with van der Waals surface area (Å²) in [6.07, 6.45) is 0. The largest absolute Gasteiger partial charge is 0.378 e. The van der Waals surface area contributed by atoms with Gasteiger partial charge in [0.25, 0.3) is 5.56 Å². The smallest absolute Gasteiger partial charge is 0.273 e. The quantitative estimate of drug-likeness (QED) is 0.612. The number of H-pyrrole nitrogens is 1. The van der Waals surface area contributed by atoms with Gasteiger partial charge in [0.05, 0.1) is 18.0 Å². The first kappa shape index (κ1) is 16.3. The van der Waals surface area contributed by atoms with Crippen molar-refractivity contribution in [3.05, 3.63) is 82.3 Å². The van der Waals surface area contributed by atoms with Crippen LogP contribution in [0.4, 0.5) is 0 Å². The second kappa shape index (κ2) is 6.61. The third-order valence-corrected chi connectivity index (χ3v) is 4.39. The molecule has 0 aliphatic rings. The summed E-state index contributed by atoms with van der Waals surface area (Å²) in [5, 5.41) is 3.14. The van der Waals surface area contributed by atoms with Crippen molar-refractivity contribution in [3.8, 4) is 22.4 Å². The highest BCUT2D eigenvalue weighted by Gasteiger charge is 2.17. The summed E-state index contributed by atoms with van der Waals surface area (Å²) in [5.41, 5.74) is 5.91. The fourth-order valence-electron chi connectivity index (χ4n) is 3.11. The van der Waals surface area contributed by atoms with Crippen LogP contribution in [0.3, 0.4) is 0 Å². The molecule has 0 fully saturated rings. The van der Waals surface area contributed by atoms with E-state index in [4.69, 9.17) is 9.72 Å². The zero-order valence-electron chi connectivity index (χ0n) is 14.7. The molecule has 2 heterocycles. The molecule has 0 spiro atoms. The normalized spacial score (nSPS) is 11.2. The van der Waals surface area contributed by atoms with E-state index in [0.717, 1.165) is 22.4 Å². The molecule has 0 saturated carbocycles. The van der Waals surface area contributed by atoms with Gasteiger partial charge in [-0.05, 0) is 12.5 Å². The minimum atomic E-state index is -0.148. The summed E-state index contributed by atoms with van der Waals surface area (Å²) in [7, 11) is 1.63. The fraction of sp³-hybridized carbons (Fsp3) is 0.143. The van der Waals surface area contributed by atoms with Crippen LogP contribution in [0.1, 0.15) is 11.3 Å². The molecule has 0 aliphatic carbocycles. The molecule has 0 bridgehead atoms. The zero-order valence-corrected chi connectivity index (χ0v) is 14.7. The molecule has 0 radical (unpaired) electrons. The van der Waals surface area contributed by atoms with E-state index in [1.165, 1.54) is 10.1 Å². The van der Waals surface area contributed by atoms with Crippen molar-refractivity contribution < 1.29 is 4.74 Å². The Morgan fingerprint density at radius 3 is 2.46 bits per heavy atom. The van der Waals surface area contributed by atoms with Gasteiger partial charge in [-0.2, -0.15) is 0 Å². The van der Waals surface area contributed by atoms with Crippen molar-refractivity contribution in [3.63, 3.8) is 0 Å². The van der Waals surface area contributed by atoms with Gasteiger partial charge in [-0.25, -0.2) is 9.50 Å². The molecule has 4 aromatic rings. The Morgan fingerprint density at radius 1 is 1.04 bits per heavy atom. The number of hydrogen-bond acceptors (Lipinski definition) is 3. The van der Waals surface area contributed by atoms with E-state index in [9.17, 15) is 4.79 Å². The molecule has 1 N–H and O–H groups in total. The van der Waals surface area contributed by atoms with E-state index in [1.54, 1.807) is 13.2 Å². The van der Waals surface area contributed by atoms with E-state index >= 15 is 0 Å². The average Bonchev–Trinajstić information content (AvgIpc) is 3.02. The molecule has 0 saturated heterocycles. The Morgan fingerprint density at radius 2 is 1.77 bits per heavy atom. The van der Waals surface area contributed by atoms with Crippen molar-refractivity contribution in [2.45, 2.75) is 13.5 Å². The minimum absolute atomic E-state index is 0.148. The van der Waals surface area contributed by atoms with E-state index in [1.807, 2.05) is 61.5 Å². The van der Waals surface area contributed by atoms with Gasteiger partial charge in [0.1, 0.15) is 0 Å². The minimum Gasteiger partial charge on any atom is -0.378 e. The third-order valence-electron chi connectivity index (χ3n) is 4.39. The predicted molar refractivity (Wildman–Crippen MR) is 102 cm³/mol. The number of benzene rings is 2. The summed E-state index contributed by atoms with van der Waals surface area (Å²) in [5.74, 6) is 0. The molecule has 2 aromatic carbocycles. The van der Waals surface area contributed by atoms with Crippen molar-refractivity contribution in [1.29, 1.82) is 0 Å². The fourth-order valence-corrected chi connectivity index (χ4v) is 3.11. The lowest BCUT2D eigenvalue weighted by molar-refractivity contribution is 0.181. The lowest BCUT2D eigenvalue weighted by Crippen LogP contribution is -2.14. The highest BCUT2D eigenvalue weighted by atomic mass is 16.5. The lowest BCUT2D eigenvalue weighted by Gasteiger charge is -2.05. The van der Waals surface area contributed by atoms with E-state index in [0.29, 0.717) is 17.9 Å². The van der Waals surface area contributed by atoms with Gasteiger partial charge in [0, 0.05) is 24.3 Å². The Hall–Kier alpha value is -3.18. The molecule has 5 heteroatoms. The summed E-state index contributed by atoms with van der Waals surface area (Å²) in [4.78, 5) is 17.5. The van der Waals surface area contributed by atoms with Crippen LogP contribution in [-0.2, 0) is 11.3 Å². The molecule has 0 amide bonds. The maximum atomic E-state index is 12.7.